The molecule has 1 aliphatic heterocycles. The summed E-state index contributed by atoms with van der Waals surface area (Å²) in [7, 11) is 0. The van der Waals surface area contributed by atoms with Crippen molar-refractivity contribution in [1.82, 2.24) is 4.90 Å². The van der Waals surface area contributed by atoms with E-state index in [2.05, 4.69) is 4.99 Å². The number of hydrogen-bond acceptors (Lipinski definition) is 6. The predicted octanol–water partition coefficient (Wildman–Crippen LogP) is 2.79. The zero-order valence-corrected chi connectivity index (χ0v) is 17.0. The van der Waals surface area contributed by atoms with E-state index in [0.29, 0.717) is 17.5 Å². The molecule has 8 nitrogen and oxygen atoms in total. The highest BCUT2D eigenvalue weighted by Crippen LogP contribution is 2.36. The molecule has 1 fully saturated rings. The molecule has 3 rings (SSSR count). The first kappa shape index (κ1) is 21.4. The van der Waals surface area contributed by atoms with Gasteiger partial charge in [0.2, 0.25) is 0 Å². The Bertz CT molecular complexity index is 954. The van der Waals surface area contributed by atoms with Crippen molar-refractivity contribution in [2.45, 2.75) is 39.5 Å². The number of aliphatic carboxylic acids is 1. The maximum absolute atomic E-state index is 12.6. The SMILES string of the molecule is CC1(C)CC(=O)/C(=C(/O)CCCN2C(=O)c3ccccc3C2=O)C(=NCC(=O)O)C1. The van der Waals surface area contributed by atoms with E-state index in [0.717, 1.165) is 4.90 Å². The van der Waals surface area contributed by atoms with Crippen LogP contribution in [0.5, 0.6) is 0 Å². The molecule has 1 aromatic rings. The van der Waals surface area contributed by atoms with E-state index >= 15 is 0 Å². The van der Waals surface area contributed by atoms with Gasteiger partial charge in [-0.2, -0.15) is 0 Å². The quantitative estimate of drug-likeness (QED) is 0.421. The molecule has 1 aliphatic carbocycles. The molecule has 2 aliphatic rings. The molecule has 1 saturated carbocycles. The lowest BCUT2D eigenvalue weighted by molar-refractivity contribution is -0.135. The van der Waals surface area contributed by atoms with Crippen LogP contribution in [0.15, 0.2) is 40.6 Å². The molecule has 0 unspecified atom stereocenters. The third kappa shape index (κ3) is 4.32. The van der Waals surface area contributed by atoms with Crippen LogP contribution < -0.4 is 0 Å². The number of imide groups is 1. The number of aliphatic imine (C=N–C) groups is 1. The zero-order chi connectivity index (χ0) is 22.1. The monoisotopic (exact) mass is 412 g/mol. The second-order valence-electron chi connectivity index (χ2n) is 8.33. The van der Waals surface area contributed by atoms with Crippen LogP contribution in [0.25, 0.3) is 0 Å². The van der Waals surface area contributed by atoms with Gasteiger partial charge in [0.25, 0.3) is 11.8 Å². The molecule has 30 heavy (non-hydrogen) atoms. The van der Waals surface area contributed by atoms with Gasteiger partial charge in [0, 0.05) is 19.4 Å². The highest BCUT2D eigenvalue weighted by atomic mass is 16.4. The van der Waals surface area contributed by atoms with Crippen molar-refractivity contribution in [3.63, 3.8) is 0 Å². The highest BCUT2D eigenvalue weighted by Gasteiger charge is 2.37. The van der Waals surface area contributed by atoms with Gasteiger partial charge < -0.3 is 10.2 Å². The van der Waals surface area contributed by atoms with Crippen LogP contribution in [0.1, 0.15) is 60.2 Å². The second-order valence-corrected chi connectivity index (χ2v) is 8.33. The fourth-order valence-corrected chi connectivity index (χ4v) is 3.89. The van der Waals surface area contributed by atoms with E-state index in [1.165, 1.54) is 0 Å². The van der Waals surface area contributed by atoms with Crippen LogP contribution in [0.4, 0.5) is 0 Å². The molecule has 0 saturated heterocycles. The van der Waals surface area contributed by atoms with Gasteiger partial charge in [-0.15, -0.1) is 0 Å². The summed E-state index contributed by atoms with van der Waals surface area (Å²) < 4.78 is 0. The van der Waals surface area contributed by atoms with Crippen LogP contribution in [-0.4, -0.2) is 57.5 Å². The Labute approximate surface area is 173 Å². The molecule has 8 heteroatoms. The molecule has 2 amide bonds. The number of carboxylic acids is 1. The number of carbonyl (C=O) groups is 4. The highest BCUT2D eigenvalue weighted by molar-refractivity contribution is 6.25. The van der Waals surface area contributed by atoms with Crippen molar-refractivity contribution in [2.75, 3.05) is 13.1 Å². The van der Waals surface area contributed by atoms with Crippen molar-refractivity contribution < 1.29 is 29.4 Å². The predicted molar refractivity (Wildman–Crippen MR) is 109 cm³/mol. The van der Waals surface area contributed by atoms with E-state index in [1.54, 1.807) is 24.3 Å². The van der Waals surface area contributed by atoms with E-state index in [9.17, 15) is 24.3 Å². The average Bonchev–Trinajstić information content (AvgIpc) is 2.90. The third-order valence-corrected chi connectivity index (χ3v) is 5.22. The second kappa shape index (κ2) is 8.22. The summed E-state index contributed by atoms with van der Waals surface area (Å²) in [5, 5.41) is 19.5. The number of ketones is 1. The third-order valence-electron chi connectivity index (χ3n) is 5.22. The zero-order valence-electron chi connectivity index (χ0n) is 17.0. The number of rotatable bonds is 6. The van der Waals surface area contributed by atoms with Crippen molar-refractivity contribution in [3.05, 3.63) is 46.7 Å². The number of nitrogens with zero attached hydrogens (tertiary/aromatic N) is 2. The van der Waals surface area contributed by atoms with Crippen molar-refractivity contribution in [2.24, 2.45) is 10.4 Å². The minimum Gasteiger partial charge on any atom is -0.511 e. The standard InChI is InChI=1S/C22H24N2O6/c1-22(2)10-15(23-12-18(27)28)19(17(26)11-22)16(25)8-5-9-24-20(29)13-6-3-4-7-14(13)21(24)30/h3-4,6-7,25H,5,8-12H2,1-2H3,(H,27,28)/b19-16+,23-15?. The summed E-state index contributed by atoms with van der Waals surface area (Å²) in [6, 6.07) is 6.58. The van der Waals surface area contributed by atoms with Crippen LogP contribution in [0.3, 0.4) is 0 Å². The first-order valence-electron chi connectivity index (χ1n) is 9.77. The Kier molecular flexibility index (Phi) is 5.87. The number of carboxylic acid groups (broad SMARTS) is 1. The number of aliphatic hydroxyl groups excluding tert-OH is 1. The van der Waals surface area contributed by atoms with Gasteiger partial charge in [-0.05, 0) is 30.4 Å². The smallest absolute Gasteiger partial charge is 0.325 e. The normalized spacial score (nSPS) is 21.2. The van der Waals surface area contributed by atoms with E-state index in [-0.39, 0.29) is 65.9 Å². The van der Waals surface area contributed by atoms with Gasteiger partial charge in [-0.25, -0.2) is 0 Å². The van der Waals surface area contributed by atoms with Gasteiger partial charge in [0.15, 0.2) is 5.78 Å². The number of allylic oxidation sites excluding steroid dienone is 2. The van der Waals surface area contributed by atoms with Gasteiger partial charge in [0.1, 0.15) is 12.3 Å². The fraction of sp³-hybridized carbons (Fsp3) is 0.409. The summed E-state index contributed by atoms with van der Waals surface area (Å²) in [6.45, 7) is 3.39. The lowest BCUT2D eigenvalue weighted by Crippen LogP contribution is -2.33. The molecule has 0 bridgehead atoms. The Morgan fingerprint density at radius 1 is 1.07 bits per heavy atom. The first-order valence-corrected chi connectivity index (χ1v) is 9.77. The number of benzene rings is 1. The molecule has 0 atom stereocenters. The van der Waals surface area contributed by atoms with Gasteiger partial charge in [-0.3, -0.25) is 29.1 Å². The van der Waals surface area contributed by atoms with Gasteiger partial charge >= 0.3 is 5.97 Å². The van der Waals surface area contributed by atoms with Gasteiger partial charge in [-0.1, -0.05) is 26.0 Å². The Hall–Kier alpha value is -3.29. The number of aliphatic hydroxyl groups is 1. The van der Waals surface area contributed by atoms with Crippen LogP contribution in [0, 0.1) is 5.41 Å². The molecule has 2 N–H and O–H groups in total. The number of fused-ring (bicyclic) bond motifs is 1. The van der Waals surface area contributed by atoms with E-state index in [1.807, 2.05) is 13.8 Å². The number of amides is 2. The van der Waals surface area contributed by atoms with E-state index < -0.39 is 12.5 Å². The molecule has 0 spiro atoms. The summed E-state index contributed by atoms with van der Waals surface area (Å²) in [5.41, 5.74) is 0.698. The minimum atomic E-state index is -1.12. The van der Waals surface area contributed by atoms with Crippen LogP contribution in [-0.2, 0) is 9.59 Å². The Morgan fingerprint density at radius 2 is 1.67 bits per heavy atom. The van der Waals surface area contributed by atoms with Crippen LogP contribution >= 0.6 is 0 Å². The fourth-order valence-electron chi connectivity index (χ4n) is 3.89. The molecule has 0 radical (unpaired) electrons. The van der Waals surface area contributed by atoms with Crippen LogP contribution in [0.2, 0.25) is 0 Å². The maximum Gasteiger partial charge on any atom is 0.325 e. The molecule has 1 heterocycles. The number of hydrogen-bond donors (Lipinski definition) is 2. The number of Topliss-reactive ketones (excluding diaryl/α,β-unsaturated/α-hetero) is 1. The van der Waals surface area contributed by atoms with Gasteiger partial charge in [0.05, 0.1) is 22.4 Å². The molecule has 158 valence electrons. The summed E-state index contributed by atoms with van der Waals surface area (Å²) in [4.78, 5) is 53.5. The lowest BCUT2D eigenvalue weighted by atomic mass is 9.73. The maximum atomic E-state index is 12.6. The first-order chi connectivity index (χ1) is 14.1. The topological polar surface area (TPSA) is 124 Å². The molecular weight excluding hydrogens is 388 g/mol. The largest absolute Gasteiger partial charge is 0.511 e. The molecule has 0 aromatic heterocycles. The summed E-state index contributed by atoms with van der Waals surface area (Å²) in [5.74, 6) is -2.34. The Morgan fingerprint density at radius 3 is 2.23 bits per heavy atom. The summed E-state index contributed by atoms with van der Waals surface area (Å²) >= 11 is 0. The average molecular weight is 412 g/mol. The minimum absolute atomic E-state index is 0.0675. The lowest BCUT2D eigenvalue weighted by Gasteiger charge is -2.31. The number of carbonyl (C=O) groups excluding carboxylic acids is 3. The van der Waals surface area contributed by atoms with Crippen molar-refractivity contribution >= 4 is 29.3 Å². The Balaban J connectivity index is 1.73. The molecular formula is C22H24N2O6. The van der Waals surface area contributed by atoms with E-state index in [4.69, 9.17) is 5.11 Å². The van der Waals surface area contributed by atoms with Crippen molar-refractivity contribution in [1.29, 1.82) is 0 Å². The van der Waals surface area contributed by atoms with Crippen molar-refractivity contribution in [3.8, 4) is 0 Å². The summed E-state index contributed by atoms with van der Waals surface area (Å²) in [6.07, 6.45) is 0.936. The molecule has 1 aromatic carbocycles.